The van der Waals surface area contributed by atoms with Crippen LogP contribution in [0.15, 0.2) is 10.9 Å². The SMILES string of the molecule is CCCC(=O)N1CCc2c(nc3cc(C4CCCN4C(=O)C4CC4)[nH]n3c2=O)C1. The number of hydrogen-bond donors (Lipinski definition) is 1. The summed E-state index contributed by atoms with van der Waals surface area (Å²) in [5.74, 6) is 0.561. The van der Waals surface area contributed by atoms with E-state index in [4.69, 9.17) is 4.98 Å². The lowest BCUT2D eigenvalue weighted by Crippen LogP contribution is -2.39. The number of nitrogens with zero attached hydrogens (tertiary/aromatic N) is 4. The molecular weight excluding hydrogens is 370 g/mol. The minimum absolute atomic E-state index is 0.0103. The van der Waals surface area contributed by atoms with Crippen molar-refractivity contribution in [3.05, 3.63) is 33.4 Å². The van der Waals surface area contributed by atoms with Gasteiger partial charge in [0, 0.05) is 37.1 Å². The number of hydrogen-bond acceptors (Lipinski definition) is 4. The second-order valence-electron chi connectivity index (χ2n) is 8.53. The highest BCUT2D eigenvalue weighted by atomic mass is 16.2. The Balaban J connectivity index is 1.47. The van der Waals surface area contributed by atoms with Gasteiger partial charge in [0.1, 0.15) is 0 Å². The maximum absolute atomic E-state index is 13.0. The number of H-pyrrole nitrogens is 1. The van der Waals surface area contributed by atoms with E-state index < -0.39 is 0 Å². The van der Waals surface area contributed by atoms with Crippen molar-refractivity contribution in [2.24, 2.45) is 5.92 Å². The van der Waals surface area contributed by atoms with Crippen molar-refractivity contribution in [1.29, 1.82) is 0 Å². The second-order valence-corrected chi connectivity index (χ2v) is 8.53. The fourth-order valence-corrected chi connectivity index (χ4v) is 4.69. The highest BCUT2D eigenvalue weighted by molar-refractivity contribution is 5.81. The first-order valence-electron chi connectivity index (χ1n) is 10.8. The highest BCUT2D eigenvalue weighted by Gasteiger charge is 2.39. The maximum Gasteiger partial charge on any atom is 0.276 e. The topological polar surface area (TPSA) is 90.8 Å². The van der Waals surface area contributed by atoms with Gasteiger partial charge in [0.2, 0.25) is 11.8 Å². The molecule has 0 aromatic carbocycles. The van der Waals surface area contributed by atoms with Crippen molar-refractivity contribution in [1.82, 2.24) is 24.4 Å². The van der Waals surface area contributed by atoms with Gasteiger partial charge >= 0.3 is 0 Å². The third kappa shape index (κ3) is 3.14. The molecule has 4 heterocycles. The normalized spacial score (nSPS) is 21.6. The third-order valence-corrected chi connectivity index (χ3v) is 6.42. The van der Waals surface area contributed by atoms with Crippen LogP contribution in [0.5, 0.6) is 0 Å². The Kier molecular flexibility index (Phi) is 4.44. The Bertz CT molecular complexity index is 1030. The quantitative estimate of drug-likeness (QED) is 0.851. The molecule has 1 unspecified atom stereocenters. The molecule has 1 N–H and O–H groups in total. The summed E-state index contributed by atoms with van der Waals surface area (Å²) in [6, 6.07) is 1.89. The van der Waals surface area contributed by atoms with Crippen LogP contribution in [-0.4, -0.2) is 49.3 Å². The second kappa shape index (κ2) is 7.00. The lowest BCUT2D eigenvalue weighted by Gasteiger charge is -2.27. The van der Waals surface area contributed by atoms with Crippen LogP contribution < -0.4 is 5.56 Å². The molecule has 154 valence electrons. The number of nitrogens with one attached hydrogen (secondary N) is 1. The Labute approximate surface area is 168 Å². The van der Waals surface area contributed by atoms with Crippen molar-refractivity contribution in [3.8, 4) is 0 Å². The van der Waals surface area contributed by atoms with Gasteiger partial charge < -0.3 is 9.80 Å². The van der Waals surface area contributed by atoms with Gasteiger partial charge in [-0.15, -0.1) is 0 Å². The summed E-state index contributed by atoms with van der Waals surface area (Å²) in [5, 5.41) is 3.22. The molecule has 2 aromatic rings. The van der Waals surface area contributed by atoms with Crippen LogP contribution in [-0.2, 0) is 22.6 Å². The Morgan fingerprint density at radius 3 is 2.83 bits per heavy atom. The molecule has 2 amide bonds. The molecule has 1 aliphatic carbocycles. The molecule has 2 aromatic heterocycles. The Morgan fingerprint density at radius 2 is 2.07 bits per heavy atom. The van der Waals surface area contributed by atoms with E-state index in [1.807, 2.05) is 17.9 Å². The van der Waals surface area contributed by atoms with E-state index in [0.717, 1.165) is 44.3 Å². The van der Waals surface area contributed by atoms with Crippen molar-refractivity contribution >= 4 is 17.5 Å². The minimum Gasteiger partial charge on any atom is -0.336 e. The van der Waals surface area contributed by atoms with E-state index in [2.05, 4.69) is 5.10 Å². The van der Waals surface area contributed by atoms with E-state index in [1.165, 1.54) is 4.52 Å². The van der Waals surface area contributed by atoms with E-state index in [0.29, 0.717) is 42.8 Å². The van der Waals surface area contributed by atoms with Crippen molar-refractivity contribution in [3.63, 3.8) is 0 Å². The predicted octanol–water partition coefficient (Wildman–Crippen LogP) is 1.78. The average molecular weight is 397 g/mol. The molecule has 5 rings (SSSR count). The molecule has 0 radical (unpaired) electrons. The smallest absolute Gasteiger partial charge is 0.276 e. The monoisotopic (exact) mass is 397 g/mol. The fourth-order valence-electron chi connectivity index (χ4n) is 4.69. The van der Waals surface area contributed by atoms with Crippen LogP contribution in [0.1, 0.15) is 68.4 Å². The summed E-state index contributed by atoms with van der Waals surface area (Å²) in [5.41, 5.74) is 2.75. The van der Waals surface area contributed by atoms with Crippen LogP contribution in [0, 0.1) is 5.92 Å². The van der Waals surface area contributed by atoms with Crippen LogP contribution in [0.4, 0.5) is 0 Å². The lowest BCUT2D eigenvalue weighted by molar-refractivity contribution is -0.133. The van der Waals surface area contributed by atoms with Gasteiger partial charge in [-0.3, -0.25) is 19.5 Å². The standard InChI is InChI=1S/C21H27N5O3/c1-2-4-19(27)24-10-8-14-16(12-24)22-18-11-15(23-26(18)21(14)29)17-5-3-9-25(17)20(28)13-6-7-13/h11,13,17,23H,2-10,12H2,1H3. The van der Waals surface area contributed by atoms with Gasteiger partial charge in [-0.05, 0) is 38.5 Å². The molecular formula is C21H27N5O3. The zero-order valence-electron chi connectivity index (χ0n) is 16.8. The van der Waals surface area contributed by atoms with Gasteiger partial charge in [0.25, 0.3) is 5.56 Å². The molecule has 2 aliphatic heterocycles. The molecule has 1 atom stereocenters. The molecule has 29 heavy (non-hydrogen) atoms. The summed E-state index contributed by atoms with van der Waals surface area (Å²) in [6.45, 7) is 3.74. The fraction of sp³-hybridized carbons (Fsp3) is 0.619. The molecule has 8 heteroatoms. The van der Waals surface area contributed by atoms with Gasteiger partial charge in [0.05, 0.1) is 24.0 Å². The van der Waals surface area contributed by atoms with E-state index >= 15 is 0 Å². The summed E-state index contributed by atoms with van der Waals surface area (Å²) in [4.78, 5) is 46.4. The predicted molar refractivity (Wildman–Crippen MR) is 106 cm³/mol. The Morgan fingerprint density at radius 1 is 1.24 bits per heavy atom. The zero-order chi connectivity index (χ0) is 20.1. The molecule has 0 spiro atoms. The lowest BCUT2D eigenvalue weighted by atomic mass is 10.1. The van der Waals surface area contributed by atoms with Crippen LogP contribution in [0.3, 0.4) is 0 Å². The van der Waals surface area contributed by atoms with E-state index in [-0.39, 0.29) is 29.3 Å². The molecule has 2 fully saturated rings. The number of fused-ring (bicyclic) bond motifs is 2. The molecule has 3 aliphatic rings. The molecule has 8 nitrogen and oxygen atoms in total. The number of amides is 2. The first-order chi connectivity index (χ1) is 14.1. The Hall–Kier alpha value is -2.64. The van der Waals surface area contributed by atoms with Crippen LogP contribution >= 0.6 is 0 Å². The number of carbonyl (C=O) groups excluding carboxylic acids is 2. The van der Waals surface area contributed by atoms with Crippen molar-refractivity contribution in [2.75, 3.05) is 13.1 Å². The number of aromatic nitrogens is 3. The van der Waals surface area contributed by atoms with Crippen LogP contribution in [0.2, 0.25) is 0 Å². The highest BCUT2D eigenvalue weighted by Crippen LogP contribution is 2.38. The number of likely N-dealkylation sites (tertiary alicyclic amines) is 1. The summed E-state index contributed by atoms with van der Waals surface area (Å²) in [6.07, 6.45) is 5.74. The van der Waals surface area contributed by atoms with Gasteiger partial charge in [0.15, 0.2) is 5.65 Å². The first kappa shape index (κ1) is 18.4. The van der Waals surface area contributed by atoms with E-state index in [1.54, 1.807) is 4.90 Å². The first-order valence-corrected chi connectivity index (χ1v) is 10.8. The molecule has 1 saturated heterocycles. The largest absolute Gasteiger partial charge is 0.336 e. The van der Waals surface area contributed by atoms with Gasteiger partial charge in [-0.1, -0.05) is 6.92 Å². The average Bonchev–Trinajstić information content (AvgIpc) is 3.29. The van der Waals surface area contributed by atoms with Gasteiger partial charge in [-0.2, -0.15) is 0 Å². The van der Waals surface area contributed by atoms with Crippen LogP contribution in [0.25, 0.3) is 5.65 Å². The van der Waals surface area contributed by atoms with Crippen molar-refractivity contribution in [2.45, 2.75) is 64.5 Å². The summed E-state index contributed by atoms with van der Waals surface area (Å²) < 4.78 is 1.51. The molecule has 1 saturated carbocycles. The van der Waals surface area contributed by atoms with E-state index in [9.17, 15) is 14.4 Å². The van der Waals surface area contributed by atoms with Gasteiger partial charge in [-0.25, -0.2) is 9.50 Å². The minimum atomic E-state index is -0.0862. The maximum atomic E-state index is 13.0. The summed E-state index contributed by atoms with van der Waals surface area (Å²) in [7, 11) is 0. The third-order valence-electron chi connectivity index (χ3n) is 6.42. The number of rotatable bonds is 4. The molecule has 0 bridgehead atoms. The number of aromatic amines is 1. The van der Waals surface area contributed by atoms with Crippen molar-refractivity contribution < 1.29 is 9.59 Å². The number of carbonyl (C=O) groups is 2. The zero-order valence-corrected chi connectivity index (χ0v) is 16.8. The summed E-state index contributed by atoms with van der Waals surface area (Å²) >= 11 is 0.